The molecule has 0 aromatic heterocycles. The van der Waals surface area contributed by atoms with Gasteiger partial charge in [-0.3, -0.25) is 4.89 Å². The van der Waals surface area contributed by atoms with Gasteiger partial charge in [-0.25, -0.2) is 4.79 Å². The van der Waals surface area contributed by atoms with E-state index in [-0.39, 0.29) is 0 Å². The predicted octanol–water partition coefficient (Wildman–Crippen LogP) is 4.48. The van der Waals surface area contributed by atoms with Gasteiger partial charge in [0.15, 0.2) is 6.61 Å². The highest BCUT2D eigenvalue weighted by molar-refractivity contribution is 5.88. The van der Waals surface area contributed by atoms with Crippen molar-refractivity contribution in [3.63, 3.8) is 0 Å². The average Bonchev–Trinajstić information content (AvgIpc) is 2.54. The molecule has 1 aromatic carbocycles. The Kier molecular flexibility index (Phi) is 9.51. The number of hydrogen-bond acceptors (Lipinski definition) is 4. The van der Waals surface area contributed by atoms with Gasteiger partial charge >= 0.3 is 5.97 Å². The SMILES string of the molecule is CCCCC(CC)COC[CH]OOC(=O)c1ccc(C)cc1. The highest BCUT2D eigenvalue weighted by Gasteiger charge is 2.08. The molecule has 1 radical (unpaired) electrons. The second-order valence-electron chi connectivity index (χ2n) is 5.45. The Balaban J connectivity index is 2.09. The van der Waals surface area contributed by atoms with Gasteiger partial charge in [-0.05, 0) is 31.4 Å². The maximum absolute atomic E-state index is 11.7. The number of rotatable bonds is 11. The van der Waals surface area contributed by atoms with Crippen LogP contribution in [0.4, 0.5) is 0 Å². The summed E-state index contributed by atoms with van der Waals surface area (Å²) in [7, 11) is 0. The third-order valence-corrected chi connectivity index (χ3v) is 3.56. The molecule has 1 atom stereocenters. The van der Waals surface area contributed by atoms with Crippen molar-refractivity contribution in [2.75, 3.05) is 13.2 Å². The number of benzene rings is 1. The maximum atomic E-state index is 11.7. The average molecular weight is 307 g/mol. The summed E-state index contributed by atoms with van der Waals surface area (Å²) in [6.07, 6.45) is 4.75. The molecular formula is C18H27O4. The molecule has 0 aliphatic rings. The molecule has 1 aromatic rings. The van der Waals surface area contributed by atoms with E-state index in [4.69, 9.17) is 14.5 Å². The van der Waals surface area contributed by atoms with Gasteiger partial charge in [-0.1, -0.05) is 50.8 Å². The summed E-state index contributed by atoms with van der Waals surface area (Å²) in [5.74, 6) is 0.0779. The Morgan fingerprint density at radius 2 is 1.95 bits per heavy atom. The Hall–Kier alpha value is -1.39. The highest BCUT2D eigenvalue weighted by Crippen LogP contribution is 2.13. The fourth-order valence-corrected chi connectivity index (χ4v) is 2.02. The van der Waals surface area contributed by atoms with Gasteiger partial charge in [0.25, 0.3) is 0 Å². The number of carbonyl (C=O) groups is 1. The van der Waals surface area contributed by atoms with Crippen LogP contribution >= 0.6 is 0 Å². The van der Waals surface area contributed by atoms with Gasteiger partial charge in [0, 0.05) is 6.61 Å². The van der Waals surface area contributed by atoms with Crippen LogP contribution < -0.4 is 0 Å². The van der Waals surface area contributed by atoms with Crippen LogP contribution in [0.1, 0.15) is 55.5 Å². The molecule has 0 fully saturated rings. The van der Waals surface area contributed by atoms with Crippen LogP contribution in [0.2, 0.25) is 0 Å². The van der Waals surface area contributed by atoms with E-state index in [0.717, 1.165) is 12.0 Å². The minimum Gasteiger partial charge on any atom is -0.378 e. The van der Waals surface area contributed by atoms with Crippen molar-refractivity contribution in [1.82, 2.24) is 0 Å². The third-order valence-electron chi connectivity index (χ3n) is 3.56. The Labute approximate surface area is 133 Å². The summed E-state index contributed by atoms with van der Waals surface area (Å²) in [6.45, 7) is 8.70. The fraction of sp³-hybridized carbons (Fsp3) is 0.556. The number of carbonyl (C=O) groups excluding carboxylic acids is 1. The van der Waals surface area contributed by atoms with Crippen LogP contribution in [0.25, 0.3) is 0 Å². The summed E-state index contributed by atoms with van der Waals surface area (Å²) in [4.78, 5) is 21.1. The number of ether oxygens (including phenoxy) is 1. The Morgan fingerprint density at radius 1 is 1.23 bits per heavy atom. The van der Waals surface area contributed by atoms with E-state index < -0.39 is 5.97 Å². The molecule has 0 spiro atoms. The van der Waals surface area contributed by atoms with Gasteiger partial charge in [0.2, 0.25) is 0 Å². The lowest BCUT2D eigenvalue weighted by molar-refractivity contribution is -0.218. The van der Waals surface area contributed by atoms with E-state index in [2.05, 4.69) is 13.8 Å². The van der Waals surface area contributed by atoms with Crippen molar-refractivity contribution in [1.29, 1.82) is 0 Å². The van der Waals surface area contributed by atoms with Crippen LogP contribution in [-0.4, -0.2) is 19.2 Å². The summed E-state index contributed by atoms with van der Waals surface area (Å²) < 4.78 is 5.52. The molecule has 0 saturated carbocycles. The zero-order chi connectivity index (χ0) is 16.2. The Bertz CT molecular complexity index is 414. The van der Waals surface area contributed by atoms with Gasteiger partial charge in [0.1, 0.15) is 0 Å². The molecule has 0 aliphatic heterocycles. The summed E-state index contributed by atoms with van der Waals surface area (Å²) in [6, 6.07) is 7.11. The van der Waals surface area contributed by atoms with Crippen molar-refractivity contribution in [2.24, 2.45) is 5.92 Å². The summed E-state index contributed by atoms with van der Waals surface area (Å²) in [5, 5.41) is 0. The molecule has 0 heterocycles. The Morgan fingerprint density at radius 3 is 2.59 bits per heavy atom. The fourth-order valence-electron chi connectivity index (χ4n) is 2.02. The topological polar surface area (TPSA) is 44.8 Å². The largest absolute Gasteiger partial charge is 0.378 e. The van der Waals surface area contributed by atoms with Crippen molar-refractivity contribution >= 4 is 5.97 Å². The quantitative estimate of drug-likeness (QED) is 0.343. The first-order chi connectivity index (χ1) is 10.7. The smallest absolute Gasteiger partial charge is 0.373 e. The first-order valence-corrected chi connectivity index (χ1v) is 8.01. The molecule has 0 aliphatic carbocycles. The molecule has 1 rings (SSSR count). The van der Waals surface area contributed by atoms with E-state index in [0.29, 0.717) is 24.7 Å². The molecule has 4 heteroatoms. The van der Waals surface area contributed by atoms with Crippen LogP contribution in [0.3, 0.4) is 0 Å². The second kappa shape index (κ2) is 11.2. The molecule has 0 bridgehead atoms. The lowest BCUT2D eigenvalue weighted by Gasteiger charge is -2.14. The van der Waals surface area contributed by atoms with E-state index in [1.165, 1.54) is 25.9 Å². The predicted molar refractivity (Wildman–Crippen MR) is 86.1 cm³/mol. The molecule has 123 valence electrons. The molecule has 1 unspecified atom stereocenters. The lowest BCUT2D eigenvalue weighted by atomic mass is 10.0. The molecule has 0 amide bonds. The van der Waals surface area contributed by atoms with Gasteiger partial charge in [0.05, 0.1) is 12.2 Å². The monoisotopic (exact) mass is 307 g/mol. The van der Waals surface area contributed by atoms with Crippen molar-refractivity contribution in [3.05, 3.63) is 42.0 Å². The van der Waals surface area contributed by atoms with Crippen molar-refractivity contribution < 1.29 is 19.3 Å². The maximum Gasteiger partial charge on any atom is 0.373 e. The summed E-state index contributed by atoms with van der Waals surface area (Å²) in [5.41, 5.74) is 1.55. The number of aryl methyl sites for hydroxylation is 1. The van der Waals surface area contributed by atoms with Gasteiger partial charge < -0.3 is 4.74 Å². The van der Waals surface area contributed by atoms with E-state index >= 15 is 0 Å². The van der Waals surface area contributed by atoms with Crippen molar-refractivity contribution in [3.8, 4) is 0 Å². The van der Waals surface area contributed by atoms with Crippen LogP contribution in [0.5, 0.6) is 0 Å². The van der Waals surface area contributed by atoms with E-state index in [1.54, 1.807) is 12.1 Å². The van der Waals surface area contributed by atoms with E-state index in [1.807, 2.05) is 19.1 Å². The van der Waals surface area contributed by atoms with Crippen LogP contribution in [0.15, 0.2) is 24.3 Å². The minimum atomic E-state index is -0.509. The van der Waals surface area contributed by atoms with Gasteiger partial charge in [-0.2, -0.15) is 4.89 Å². The van der Waals surface area contributed by atoms with E-state index in [9.17, 15) is 4.79 Å². The normalized spacial score (nSPS) is 12.1. The zero-order valence-corrected chi connectivity index (χ0v) is 13.8. The second-order valence-corrected chi connectivity index (χ2v) is 5.45. The number of unbranched alkanes of at least 4 members (excludes halogenated alkanes) is 1. The van der Waals surface area contributed by atoms with Crippen LogP contribution in [-0.2, 0) is 14.5 Å². The first-order valence-electron chi connectivity index (χ1n) is 8.01. The number of hydrogen-bond donors (Lipinski definition) is 0. The minimum absolute atomic E-state index is 0.309. The third kappa shape index (κ3) is 7.57. The van der Waals surface area contributed by atoms with Gasteiger partial charge in [-0.15, -0.1) is 0 Å². The lowest BCUT2D eigenvalue weighted by Crippen LogP contribution is -2.11. The standard InChI is InChI=1S/C18H27O4/c1-4-6-7-16(5-2)14-20-12-13-21-22-18(19)17-10-8-15(3)9-11-17/h8-11,13,16H,4-7,12,14H2,1-3H3. The first kappa shape index (κ1) is 18.7. The van der Waals surface area contributed by atoms with Crippen molar-refractivity contribution in [2.45, 2.75) is 46.5 Å². The summed E-state index contributed by atoms with van der Waals surface area (Å²) >= 11 is 0. The molecule has 4 nitrogen and oxygen atoms in total. The molecule has 22 heavy (non-hydrogen) atoms. The zero-order valence-electron chi connectivity index (χ0n) is 13.8. The highest BCUT2D eigenvalue weighted by atomic mass is 17.2. The molecule has 0 N–H and O–H groups in total. The van der Waals surface area contributed by atoms with Crippen LogP contribution in [0, 0.1) is 19.4 Å². The molecule has 0 saturated heterocycles. The molecular weight excluding hydrogens is 280 g/mol.